The van der Waals surface area contributed by atoms with E-state index < -0.39 is 0 Å². The Morgan fingerprint density at radius 1 is 1.29 bits per heavy atom. The van der Waals surface area contributed by atoms with Crippen LogP contribution in [0.1, 0.15) is 33.6 Å². The first-order valence-electron chi connectivity index (χ1n) is 7.30. The summed E-state index contributed by atoms with van der Waals surface area (Å²) in [6, 6.07) is 0.341. The molecule has 0 aliphatic rings. The van der Waals surface area contributed by atoms with E-state index >= 15 is 0 Å². The van der Waals surface area contributed by atoms with Crippen LogP contribution in [0.4, 0.5) is 5.95 Å². The van der Waals surface area contributed by atoms with Crippen LogP contribution in [0.2, 0.25) is 0 Å². The van der Waals surface area contributed by atoms with Gasteiger partial charge in [-0.15, -0.1) is 0 Å². The highest BCUT2D eigenvalue weighted by atomic mass is 16.5. The molecule has 0 fully saturated rings. The summed E-state index contributed by atoms with van der Waals surface area (Å²) >= 11 is 0. The maximum Gasteiger partial charge on any atom is 0.323 e. The molecule has 0 atom stereocenters. The first-order chi connectivity index (χ1) is 10.2. The predicted octanol–water partition coefficient (Wildman–Crippen LogP) is 2.30. The minimum atomic E-state index is 0.341. The second-order valence-electron chi connectivity index (χ2n) is 5.13. The molecular weight excluding hydrogens is 268 g/mol. The molecule has 0 spiro atoms. The number of nitrogens with zero attached hydrogens (tertiary/aromatic N) is 5. The number of rotatable bonds is 8. The average molecular weight is 290 g/mol. The molecular formula is C14H22N6O. The number of anilines is 1. The summed E-state index contributed by atoms with van der Waals surface area (Å²) in [5, 5.41) is 3.08. The second-order valence-corrected chi connectivity index (χ2v) is 5.13. The van der Waals surface area contributed by atoms with Crippen LogP contribution in [0.15, 0.2) is 18.7 Å². The van der Waals surface area contributed by atoms with Crippen molar-refractivity contribution in [3.05, 3.63) is 18.7 Å². The molecule has 2 rings (SSSR count). The Labute approximate surface area is 124 Å². The van der Waals surface area contributed by atoms with E-state index in [1.54, 1.807) is 23.3 Å². The van der Waals surface area contributed by atoms with Crippen LogP contribution in [0.25, 0.3) is 5.95 Å². The fourth-order valence-electron chi connectivity index (χ4n) is 1.80. The Balaban J connectivity index is 2.08. The van der Waals surface area contributed by atoms with E-state index in [-0.39, 0.29) is 0 Å². The van der Waals surface area contributed by atoms with Crippen LogP contribution in [-0.4, -0.2) is 37.7 Å². The van der Waals surface area contributed by atoms with Gasteiger partial charge in [0.2, 0.25) is 11.9 Å². The van der Waals surface area contributed by atoms with Gasteiger partial charge < -0.3 is 10.1 Å². The van der Waals surface area contributed by atoms with Crippen LogP contribution in [0.3, 0.4) is 0 Å². The first kappa shape index (κ1) is 15.2. The SMILES string of the molecule is CCNc1nc(OCCCC(C)C)nc(-n2ccnc2)n1. The highest BCUT2D eigenvalue weighted by Crippen LogP contribution is 2.12. The van der Waals surface area contributed by atoms with Crippen molar-refractivity contribution in [3.63, 3.8) is 0 Å². The fraction of sp³-hybridized carbons (Fsp3) is 0.571. The van der Waals surface area contributed by atoms with E-state index in [0.29, 0.717) is 30.4 Å². The van der Waals surface area contributed by atoms with Crippen molar-refractivity contribution in [2.24, 2.45) is 5.92 Å². The highest BCUT2D eigenvalue weighted by molar-refractivity contribution is 5.30. The van der Waals surface area contributed by atoms with E-state index in [1.165, 1.54) is 0 Å². The van der Waals surface area contributed by atoms with Crippen LogP contribution in [0.5, 0.6) is 6.01 Å². The summed E-state index contributed by atoms with van der Waals surface area (Å²) in [4.78, 5) is 16.9. The molecule has 7 heteroatoms. The van der Waals surface area contributed by atoms with E-state index in [1.807, 2.05) is 6.92 Å². The van der Waals surface area contributed by atoms with Gasteiger partial charge in [0.05, 0.1) is 6.61 Å². The van der Waals surface area contributed by atoms with E-state index in [0.717, 1.165) is 19.4 Å². The monoisotopic (exact) mass is 290 g/mol. The molecule has 2 aromatic heterocycles. The van der Waals surface area contributed by atoms with Crippen molar-refractivity contribution in [1.29, 1.82) is 0 Å². The molecule has 0 amide bonds. The van der Waals surface area contributed by atoms with Crippen molar-refractivity contribution in [3.8, 4) is 12.0 Å². The van der Waals surface area contributed by atoms with Crippen LogP contribution >= 0.6 is 0 Å². The van der Waals surface area contributed by atoms with Crippen LogP contribution in [-0.2, 0) is 0 Å². The summed E-state index contributed by atoms with van der Waals surface area (Å²) in [6.45, 7) is 7.73. The molecule has 0 saturated carbocycles. The number of hydrogen-bond acceptors (Lipinski definition) is 6. The molecule has 2 heterocycles. The lowest BCUT2D eigenvalue weighted by atomic mass is 10.1. The smallest absolute Gasteiger partial charge is 0.323 e. The normalized spacial score (nSPS) is 10.9. The zero-order chi connectivity index (χ0) is 15.1. The third-order valence-electron chi connectivity index (χ3n) is 2.83. The number of aromatic nitrogens is 5. The number of imidazole rings is 1. The minimum Gasteiger partial charge on any atom is -0.463 e. The number of ether oxygens (including phenoxy) is 1. The molecule has 0 aliphatic heterocycles. The zero-order valence-electron chi connectivity index (χ0n) is 12.8. The quantitative estimate of drug-likeness (QED) is 0.752. The molecule has 114 valence electrons. The molecule has 21 heavy (non-hydrogen) atoms. The van der Waals surface area contributed by atoms with E-state index in [2.05, 4.69) is 39.1 Å². The molecule has 2 aromatic rings. The third kappa shape index (κ3) is 4.70. The molecule has 0 bridgehead atoms. The average Bonchev–Trinajstić information content (AvgIpc) is 2.98. The summed E-state index contributed by atoms with van der Waals surface area (Å²) in [7, 11) is 0. The topological polar surface area (TPSA) is 77.8 Å². The lowest BCUT2D eigenvalue weighted by Crippen LogP contribution is -2.11. The molecule has 0 unspecified atom stereocenters. The van der Waals surface area contributed by atoms with Gasteiger partial charge in [-0.3, -0.25) is 4.57 Å². The van der Waals surface area contributed by atoms with Gasteiger partial charge in [-0.25, -0.2) is 4.98 Å². The van der Waals surface area contributed by atoms with Crippen molar-refractivity contribution in [1.82, 2.24) is 24.5 Å². The maximum atomic E-state index is 5.65. The highest BCUT2D eigenvalue weighted by Gasteiger charge is 2.08. The predicted molar refractivity (Wildman–Crippen MR) is 80.7 cm³/mol. The Kier molecular flexibility index (Phi) is 5.48. The van der Waals surface area contributed by atoms with Gasteiger partial charge in [-0.2, -0.15) is 15.0 Å². The van der Waals surface area contributed by atoms with Gasteiger partial charge in [0.25, 0.3) is 0 Å². The largest absolute Gasteiger partial charge is 0.463 e. The maximum absolute atomic E-state index is 5.65. The lowest BCUT2D eigenvalue weighted by molar-refractivity contribution is 0.275. The standard InChI is InChI=1S/C14H22N6O/c1-4-16-12-17-13(20-8-7-15-10-20)19-14(18-12)21-9-5-6-11(2)3/h7-8,10-11H,4-6,9H2,1-3H3,(H,16,17,18,19). The van der Waals surface area contributed by atoms with Crippen molar-refractivity contribution in [2.45, 2.75) is 33.6 Å². The molecule has 0 aromatic carbocycles. The van der Waals surface area contributed by atoms with Gasteiger partial charge in [0, 0.05) is 18.9 Å². The number of hydrogen-bond donors (Lipinski definition) is 1. The summed E-state index contributed by atoms with van der Waals surface area (Å²) in [5.41, 5.74) is 0. The second kappa shape index (κ2) is 7.56. The zero-order valence-corrected chi connectivity index (χ0v) is 12.8. The fourth-order valence-corrected chi connectivity index (χ4v) is 1.80. The molecule has 0 aliphatic carbocycles. The molecule has 0 saturated heterocycles. The molecule has 1 N–H and O–H groups in total. The van der Waals surface area contributed by atoms with Crippen molar-refractivity contribution < 1.29 is 4.74 Å². The summed E-state index contributed by atoms with van der Waals surface area (Å²) in [6.07, 6.45) is 7.22. The first-order valence-corrected chi connectivity index (χ1v) is 7.30. The summed E-state index contributed by atoms with van der Waals surface area (Å²) in [5.74, 6) is 1.68. The van der Waals surface area contributed by atoms with Gasteiger partial charge in [0.15, 0.2) is 0 Å². The Hall–Kier alpha value is -2.18. The van der Waals surface area contributed by atoms with Gasteiger partial charge >= 0.3 is 6.01 Å². The molecule has 0 radical (unpaired) electrons. The Bertz CT molecular complexity index is 540. The lowest BCUT2D eigenvalue weighted by Gasteiger charge is -2.09. The number of nitrogens with one attached hydrogen (secondary N) is 1. The van der Waals surface area contributed by atoms with Gasteiger partial charge in [0.1, 0.15) is 6.33 Å². The molecule has 7 nitrogen and oxygen atoms in total. The van der Waals surface area contributed by atoms with E-state index in [4.69, 9.17) is 4.74 Å². The summed E-state index contributed by atoms with van der Waals surface area (Å²) < 4.78 is 7.37. The minimum absolute atomic E-state index is 0.341. The van der Waals surface area contributed by atoms with E-state index in [9.17, 15) is 0 Å². The van der Waals surface area contributed by atoms with Crippen molar-refractivity contribution >= 4 is 5.95 Å². The van der Waals surface area contributed by atoms with Gasteiger partial charge in [-0.05, 0) is 25.7 Å². The Morgan fingerprint density at radius 3 is 2.81 bits per heavy atom. The van der Waals surface area contributed by atoms with Crippen LogP contribution < -0.4 is 10.1 Å². The van der Waals surface area contributed by atoms with Crippen LogP contribution in [0, 0.1) is 5.92 Å². The van der Waals surface area contributed by atoms with Crippen molar-refractivity contribution in [2.75, 3.05) is 18.5 Å². The third-order valence-corrected chi connectivity index (χ3v) is 2.83. The Morgan fingerprint density at radius 2 is 2.14 bits per heavy atom. The van der Waals surface area contributed by atoms with Gasteiger partial charge in [-0.1, -0.05) is 13.8 Å².